The zero-order chi connectivity index (χ0) is 16.6. The van der Waals surface area contributed by atoms with Gasteiger partial charge in [-0.25, -0.2) is 0 Å². The molecule has 0 fully saturated rings. The minimum absolute atomic E-state index is 0.0539. The van der Waals surface area contributed by atoms with Crippen LogP contribution in [-0.2, 0) is 18.4 Å². The van der Waals surface area contributed by atoms with Crippen molar-refractivity contribution < 1.29 is 4.79 Å². The Morgan fingerprint density at radius 3 is 2.83 bits per heavy atom. The number of nitrogens with one attached hydrogen (secondary N) is 1. The highest BCUT2D eigenvalue weighted by Gasteiger charge is 2.13. The van der Waals surface area contributed by atoms with Crippen molar-refractivity contribution in [2.75, 3.05) is 5.32 Å². The first-order valence-corrected chi connectivity index (χ1v) is 7.74. The van der Waals surface area contributed by atoms with Gasteiger partial charge in [0.2, 0.25) is 5.91 Å². The van der Waals surface area contributed by atoms with Crippen LogP contribution in [0.1, 0.15) is 17.8 Å². The molecule has 3 aromatic rings. The molecule has 23 heavy (non-hydrogen) atoms. The summed E-state index contributed by atoms with van der Waals surface area (Å²) < 4.78 is 3.57. The SMILES string of the molecule is Cc1nn(C)c(C)c1NC(=O)CCn1ncc2cc(Cl)ccc21. The highest BCUT2D eigenvalue weighted by molar-refractivity contribution is 6.31. The molecule has 0 saturated carbocycles. The van der Waals surface area contributed by atoms with Crippen LogP contribution in [0.25, 0.3) is 10.9 Å². The molecule has 0 bridgehead atoms. The van der Waals surface area contributed by atoms with Gasteiger partial charge in [-0.3, -0.25) is 14.2 Å². The highest BCUT2D eigenvalue weighted by Crippen LogP contribution is 2.20. The maximum absolute atomic E-state index is 12.2. The molecule has 7 heteroatoms. The van der Waals surface area contributed by atoms with E-state index in [0.29, 0.717) is 18.0 Å². The first-order valence-electron chi connectivity index (χ1n) is 7.37. The average molecular weight is 332 g/mol. The number of carbonyl (C=O) groups is 1. The Bertz CT molecular complexity index is 880. The van der Waals surface area contributed by atoms with Gasteiger partial charge >= 0.3 is 0 Å². The third-order valence-electron chi connectivity index (χ3n) is 3.93. The number of anilines is 1. The van der Waals surface area contributed by atoms with Gasteiger partial charge in [-0.1, -0.05) is 11.6 Å². The van der Waals surface area contributed by atoms with Gasteiger partial charge in [0.15, 0.2) is 0 Å². The number of carbonyl (C=O) groups excluding carboxylic acids is 1. The van der Waals surface area contributed by atoms with E-state index in [1.54, 1.807) is 10.9 Å². The van der Waals surface area contributed by atoms with Gasteiger partial charge in [-0.05, 0) is 32.0 Å². The Morgan fingerprint density at radius 1 is 1.35 bits per heavy atom. The molecule has 1 N–H and O–H groups in total. The van der Waals surface area contributed by atoms with Crippen LogP contribution in [0.5, 0.6) is 0 Å². The molecule has 120 valence electrons. The summed E-state index contributed by atoms with van der Waals surface area (Å²) in [7, 11) is 1.86. The molecule has 2 heterocycles. The number of aromatic nitrogens is 4. The Kier molecular flexibility index (Phi) is 4.09. The Morgan fingerprint density at radius 2 is 2.13 bits per heavy atom. The predicted octanol–water partition coefficient (Wildman–Crippen LogP) is 3.07. The lowest BCUT2D eigenvalue weighted by Crippen LogP contribution is -2.16. The summed E-state index contributed by atoms with van der Waals surface area (Å²) in [6, 6.07) is 5.60. The van der Waals surface area contributed by atoms with Crippen molar-refractivity contribution in [2.24, 2.45) is 7.05 Å². The van der Waals surface area contributed by atoms with Crippen molar-refractivity contribution >= 4 is 34.1 Å². The van der Waals surface area contributed by atoms with Gasteiger partial charge in [0, 0.05) is 23.9 Å². The molecule has 1 aromatic carbocycles. The summed E-state index contributed by atoms with van der Waals surface area (Å²) in [5, 5.41) is 13.2. The van der Waals surface area contributed by atoms with E-state index in [1.807, 2.05) is 43.8 Å². The lowest BCUT2D eigenvalue weighted by Gasteiger charge is -2.07. The smallest absolute Gasteiger partial charge is 0.226 e. The lowest BCUT2D eigenvalue weighted by atomic mass is 10.2. The second-order valence-corrected chi connectivity index (χ2v) is 5.97. The lowest BCUT2D eigenvalue weighted by molar-refractivity contribution is -0.116. The second-order valence-electron chi connectivity index (χ2n) is 5.54. The summed E-state index contributed by atoms with van der Waals surface area (Å²) in [6.07, 6.45) is 2.10. The third kappa shape index (κ3) is 3.07. The zero-order valence-electron chi connectivity index (χ0n) is 13.3. The Balaban J connectivity index is 1.68. The first-order chi connectivity index (χ1) is 11.0. The Hall–Kier alpha value is -2.34. The summed E-state index contributed by atoms with van der Waals surface area (Å²) in [5.74, 6) is -0.0539. The van der Waals surface area contributed by atoms with E-state index < -0.39 is 0 Å². The number of fused-ring (bicyclic) bond motifs is 1. The van der Waals surface area contributed by atoms with Gasteiger partial charge in [0.1, 0.15) is 0 Å². The molecule has 0 unspecified atom stereocenters. The number of benzene rings is 1. The number of nitrogens with zero attached hydrogens (tertiary/aromatic N) is 4. The van der Waals surface area contributed by atoms with Gasteiger partial charge < -0.3 is 5.32 Å². The van der Waals surface area contributed by atoms with E-state index in [2.05, 4.69) is 15.5 Å². The fourth-order valence-electron chi connectivity index (χ4n) is 2.60. The van der Waals surface area contributed by atoms with E-state index in [-0.39, 0.29) is 5.91 Å². The number of halogens is 1. The highest BCUT2D eigenvalue weighted by atomic mass is 35.5. The van der Waals surface area contributed by atoms with Crippen molar-refractivity contribution in [1.82, 2.24) is 19.6 Å². The predicted molar refractivity (Wildman–Crippen MR) is 90.7 cm³/mol. The van der Waals surface area contributed by atoms with Gasteiger partial charge in [0.05, 0.1) is 35.3 Å². The summed E-state index contributed by atoms with van der Waals surface area (Å²) in [5.41, 5.74) is 3.51. The molecule has 0 saturated heterocycles. The summed E-state index contributed by atoms with van der Waals surface area (Å²) in [6.45, 7) is 4.32. The molecule has 0 radical (unpaired) electrons. The summed E-state index contributed by atoms with van der Waals surface area (Å²) in [4.78, 5) is 12.2. The second kappa shape index (κ2) is 6.04. The molecular formula is C16H18ClN5O. The standard InChI is InChI=1S/C16H18ClN5O/c1-10-16(11(2)21(3)20-10)19-15(23)6-7-22-14-5-4-13(17)8-12(14)9-18-22/h4-5,8-9H,6-7H2,1-3H3,(H,19,23). The molecule has 2 aromatic heterocycles. The molecule has 0 aliphatic rings. The van der Waals surface area contributed by atoms with Crippen LogP contribution in [0.2, 0.25) is 5.02 Å². The minimum Gasteiger partial charge on any atom is -0.323 e. The number of amides is 1. The van der Waals surface area contributed by atoms with Crippen LogP contribution in [0.4, 0.5) is 5.69 Å². The molecule has 0 aliphatic heterocycles. The van der Waals surface area contributed by atoms with Crippen LogP contribution in [0.15, 0.2) is 24.4 Å². The number of aryl methyl sites for hydroxylation is 3. The van der Waals surface area contributed by atoms with Crippen molar-refractivity contribution in [2.45, 2.75) is 26.8 Å². The quantitative estimate of drug-likeness (QED) is 0.799. The molecule has 0 aliphatic carbocycles. The van der Waals surface area contributed by atoms with Crippen LogP contribution in [-0.4, -0.2) is 25.5 Å². The van der Waals surface area contributed by atoms with Crippen molar-refractivity contribution in [3.63, 3.8) is 0 Å². The first kappa shape index (κ1) is 15.6. The van der Waals surface area contributed by atoms with E-state index in [4.69, 9.17) is 11.6 Å². The van der Waals surface area contributed by atoms with Crippen molar-refractivity contribution in [1.29, 1.82) is 0 Å². The zero-order valence-corrected chi connectivity index (χ0v) is 14.1. The third-order valence-corrected chi connectivity index (χ3v) is 4.16. The molecule has 3 rings (SSSR count). The van der Waals surface area contributed by atoms with Crippen molar-refractivity contribution in [3.05, 3.63) is 40.8 Å². The average Bonchev–Trinajstić information content (AvgIpc) is 3.01. The molecule has 0 atom stereocenters. The Labute approximate surface area is 139 Å². The monoisotopic (exact) mass is 331 g/mol. The maximum Gasteiger partial charge on any atom is 0.226 e. The number of hydrogen-bond donors (Lipinski definition) is 1. The van der Waals surface area contributed by atoms with E-state index in [9.17, 15) is 4.79 Å². The topological polar surface area (TPSA) is 64.7 Å². The largest absolute Gasteiger partial charge is 0.323 e. The number of rotatable bonds is 4. The summed E-state index contributed by atoms with van der Waals surface area (Å²) >= 11 is 5.97. The van der Waals surface area contributed by atoms with Gasteiger partial charge in [0.25, 0.3) is 0 Å². The number of hydrogen-bond acceptors (Lipinski definition) is 3. The van der Waals surface area contributed by atoms with Crippen molar-refractivity contribution in [3.8, 4) is 0 Å². The van der Waals surface area contributed by atoms with Gasteiger partial charge in [-0.2, -0.15) is 10.2 Å². The fraction of sp³-hybridized carbons (Fsp3) is 0.312. The van der Waals surface area contributed by atoms with Crippen LogP contribution in [0.3, 0.4) is 0 Å². The van der Waals surface area contributed by atoms with Crippen LogP contribution < -0.4 is 5.32 Å². The minimum atomic E-state index is -0.0539. The molecular weight excluding hydrogens is 314 g/mol. The normalized spacial score (nSPS) is 11.1. The molecule has 1 amide bonds. The molecule has 6 nitrogen and oxygen atoms in total. The van der Waals surface area contributed by atoms with Crippen LogP contribution in [0, 0.1) is 13.8 Å². The maximum atomic E-state index is 12.2. The van der Waals surface area contributed by atoms with E-state index >= 15 is 0 Å². The van der Waals surface area contributed by atoms with Gasteiger partial charge in [-0.15, -0.1) is 0 Å². The van der Waals surface area contributed by atoms with E-state index in [1.165, 1.54) is 0 Å². The van der Waals surface area contributed by atoms with E-state index in [0.717, 1.165) is 28.0 Å². The van der Waals surface area contributed by atoms with Crippen LogP contribution >= 0.6 is 11.6 Å². The molecule has 0 spiro atoms. The fourth-order valence-corrected chi connectivity index (χ4v) is 2.78.